The van der Waals surface area contributed by atoms with Crippen LogP contribution in [0, 0.1) is 12.7 Å². The smallest absolute Gasteiger partial charge is 0.205 e. The first-order chi connectivity index (χ1) is 9.60. The van der Waals surface area contributed by atoms with Gasteiger partial charge in [-0.25, -0.2) is 9.37 Å². The molecule has 0 radical (unpaired) electrons. The molecule has 0 aliphatic rings. The number of aromatic nitrogens is 2. The van der Waals surface area contributed by atoms with Crippen molar-refractivity contribution in [3.05, 3.63) is 47.8 Å². The summed E-state index contributed by atoms with van der Waals surface area (Å²) in [6.45, 7) is 1.74. The molecule has 2 N–H and O–H groups in total. The molecule has 0 fully saturated rings. The number of anilines is 1. The summed E-state index contributed by atoms with van der Waals surface area (Å²) in [6, 6.07) is 11.2. The summed E-state index contributed by atoms with van der Waals surface area (Å²) in [7, 11) is 0. The Labute approximate surface area is 120 Å². The summed E-state index contributed by atoms with van der Waals surface area (Å²) >= 11 is 1.66. The van der Waals surface area contributed by atoms with Gasteiger partial charge >= 0.3 is 0 Å². The number of aryl methyl sites for hydroxylation is 1. The minimum Gasteiger partial charge on any atom is -0.369 e. The van der Waals surface area contributed by atoms with Crippen molar-refractivity contribution < 1.29 is 4.39 Å². The molecule has 0 aliphatic heterocycles. The second-order valence-electron chi connectivity index (χ2n) is 4.60. The highest BCUT2D eigenvalue weighted by atomic mass is 32.2. The first-order valence-electron chi connectivity index (χ1n) is 6.18. The van der Waals surface area contributed by atoms with E-state index in [1.807, 2.05) is 35.1 Å². The Bertz CT molecular complexity index is 795. The van der Waals surface area contributed by atoms with Crippen molar-refractivity contribution in [2.24, 2.45) is 0 Å². The lowest BCUT2D eigenvalue weighted by Gasteiger charge is -2.08. The normalized spacial score (nSPS) is 11.2. The molecule has 0 saturated heterocycles. The van der Waals surface area contributed by atoms with Crippen LogP contribution in [0.5, 0.6) is 0 Å². The number of hydrogen-bond acceptors (Lipinski definition) is 3. The van der Waals surface area contributed by atoms with Gasteiger partial charge in [-0.15, -0.1) is 11.8 Å². The van der Waals surface area contributed by atoms with Gasteiger partial charge in [-0.3, -0.25) is 4.57 Å². The monoisotopic (exact) mass is 287 g/mol. The van der Waals surface area contributed by atoms with E-state index in [4.69, 9.17) is 5.73 Å². The molecule has 0 atom stereocenters. The highest BCUT2D eigenvalue weighted by molar-refractivity contribution is 7.98. The average Bonchev–Trinajstić information content (AvgIpc) is 2.74. The Morgan fingerprint density at radius 2 is 2.05 bits per heavy atom. The minimum atomic E-state index is -0.264. The van der Waals surface area contributed by atoms with Crippen LogP contribution in [0.2, 0.25) is 0 Å². The molecule has 3 nitrogen and oxygen atoms in total. The van der Waals surface area contributed by atoms with E-state index >= 15 is 0 Å². The first kappa shape index (κ1) is 13.0. The number of nitrogen functional groups attached to an aromatic ring is 1. The van der Waals surface area contributed by atoms with Crippen LogP contribution in [0.25, 0.3) is 16.7 Å². The molecule has 102 valence electrons. The number of nitrogens with two attached hydrogens (primary N) is 1. The molecular formula is C15H14FN3S. The fourth-order valence-electron chi connectivity index (χ4n) is 2.24. The number of thioether (sulfide) groups is 1. The van der Waals surface area contributed by atoms with Crippen molar-refractivity contribution in [3.63, 3.8) is 0 Å². The number of halogens is 1. The maximum atomic E-state index is 13.6. The molecule has 20 heavy (non-hydrogen) atoms. The van der Waals surface area contributed by atoms with Crippen LogP contribution in [-0.2, 0) is 0 Å². The SMILES string of the molecule is CSc1cccc(-n2c(N)nc3cc(F)c(C)cc32)c1. The predicted molar refractivity (Wildman–Crippen MR) is 82.0 cm³/mol. The summed E-state index contributed by atoms with van der Waals surface area (Å²) in [5.74, 6) is 0.100. The zero-order chi connectivity index (χ0) is 14.3. The van der Waals surface area contributed by atoms with Gasteiger partial charge in [0.2, 0.25) is 5.95 Å². The van der Waals surface area contributed by atoms with Crippen LogP contribution >= 0.6 is 11.8 Å². The maximum absolute atomic E-state index is 13.6. The molecule has 0 unspecified atom stereocenters. The molecule has 1 heterocycles. The summed E-state index contributed by atoms with van der Waals surface area (Å²) in [6.07, 6.45) is 2.02. The van der Waals surface area contributed by atoms with Crippen molar-refractivity contribution in [2.45, 2.75) is 11.8 Å². The quantitative estimate of drug-likeness (QED) is 0.729. The largest absolute Gasteiger partial charge is 0.369 e. The summed E-state index contributed by atoms with van der Waals surface area (Å²) in [4.78, 5) is 5.38. The summed E-state index contributed by atoms with van der Waals surface area (Å²) in [5, 5.41) is 0. The van der Waals surface area contributed by atoms with Crippen LogP contribution in [0.4, 0.5) is 10.3 Å². The van der Waals surface area contributed by atoms with Crippen LogP contribution < -0.4 is 5.73 Å². The van der Waals surface area contributed by atoms with Crippen molar-refractivity contribution in [2.75, 3.05) is 12.0 Å². The van der Waals surface area contributed by atoms with E-state index in [-0.39, 0.29) is 5.82 Å². The third-order valence-electron chi connectivity index (χ3n) is 3.27. The van der Waals surface area contributed by atoms with Gasteiger partial charge in [0.25, 0.3) is 0 Å². The zero-order valence-corrected chi connectivity index (χ0v) is 12.0. The van der Waals surface area contributed by atoms with Gasteiger partial charge < -0.3 is 5.73 Å². The van der Waals surface area contributed by atoms with Crippen LogP contribution in [0.1, 0.15) is 5.56 Å². The summed E-state index contributed by atoms with van der Waals surface area (Å²) < 4.78 is 15.5. The second kappa shape index (κ2) is 4.83. The Hall–Kier alpha value is -2.01. The van der Waals surface area contributed by atoms with E-state index in [1.165, 1.54) is 6.07 Å². The topological polar surface area (TPSA) is 43.8 Å². The van der Waals surface area contributed by atoms with Crippen LogP contribution in [0.15, 0.2) is 41.3 Å². The van der Waals surface area contributed by atoms with Crippen molar-refractivity contribution >= 4 is 28.7 Å². The van der Waals surface area contributed by atoms with Gasteiger partial charge in [-0.05, 0) is 43.0 Å². The number of rotatable bonds is 2. The van der Waals surface area contributed by atoms with Crippen LogP contribution in [0.3, 0.4) is 0 Å². The third kappa shape index (κ3) is 2.04. The number of fused-ring (bicyclic) bond motifs is 1. The van der Waals surface area contributed by atoms with Crippen molar-refractivity contribution in [3.8, 4) is 5.69 Å². The van der Waals surface area contributed by atoms with E-state index in [2.05, 4.69) is 4.98 Å². The minimum absolute atomic E-state index is 0.264. The average molecular weight is 287 g/mol. The number of hydrogen-bond donors (Lipinski definition) is 1. The number of benzene rings is 2. The molecule has 5 heteroatoms. The van der Waals surface area contributed by atoms with E-state index in [9.17, 15) is 4.39 Å². The predicted octanol–water partition coefficient (Wildman–Crippen LogP) is 3.78. The fraction of sp³-hybridized carbons (Fsp3) is 0.133. The molecule has 0 saturated carbocycles. The molecule has 2 aromatic carbocycles. The summed E-state index contributed by atoms with van der Waals surface area (Å²) in [5.41, 5.74) is 8.90. The lowest BCUT2D eigenvalue weighted by molar-refractivity contribution is 0.620. The lowest BCUT2D eigenvalue weighted by Crippen LogP contribution is -2.00. The molecule has 0 spiro atoms. The van der Waals surface area contributed by atoms with E-state index in [1.54, 1.807) is 24.8 Å². The van der Waals surface area contributed by atoms with Crippen molar-refractivity contribution in [1.82, 2.24) is 9.55 Å². The Kier molecular flexibility index (Phi) is 3.14. The van der Waals surface area contributed by atoms with Gasteiger partial charge in [0.1, 0.15) is 5.82 Å². The molecular weight excluding hydrogens is 273 g/mol. The number of imidazole rings is 1. The Morgan fingerprint density at radius 3 is 2.80 bits per heavy atom. The molecule has 0 aliphatic carbocycles. The maximum Gasteiger partial charge on any atom is 0.205 e. The Morgan fingerprint density at radius 1 is 1.25 bits per heavy atom. The first-order valence-corrected chi connectivity index (χ1v) is 7.41. The fourth-order valence-corrected chi connectivity index (χ4v) is 2.70. The lowest BCUT2D eigenvalue weighted by atomic mass is 10.2. The van der Waals surface area contributed by atoms with E-state index < -0.39 is 0 Å². The van der Waals surface area contributed by atoms with Gasteiger partial charge in [-0.1, -0.05) is 6.07 Å². The molecule has 3 rings (SSSR count). The highest BCUT2D eigenvalue weighted by Gasteiger charge is 2.12. The van der Waals surface area contributed by atoms with Gasteiger partial charge in [0.15, 0.2) is 0 Å². The Balaban J connectivity index is 2.29. The molecule has 3 aromatic rings. The van der Waals surface area contributed by atoms with Gasteiger partial charge in [-0.2, -0.15) is 0 Å². The number of nitrogens with zero attached hydrogens (tertiary/aromatic N) is 2. The van der Waals surface area contributed by atoms with Gasteiger partial charge in [0, 0.05) is 11.0 Å². The molecule has 0 bridgehead atoms. The van der Waals surface area contributed by atoms with Crippen LogP contribution in [-0.4, -0.2) is 15.8 Å². The van der Waals surface area contributed by atoms with Crippen molar-refractivity contribution in [1.29, 1.82) is 0 Å². The van der Waals surface area contributed by atoms with E-state index in [0.29, 0.717) is 17.0 Å². The second-order valence-corrected chi connectivity index (χ2v) is 5.48. The standard InChI is InChI=1S/C15H14FN3S/c1-9-6-14-13(8-12(9)16)18-15(17)19(14)10-4-3-5-11(7-10)20-2/h3-8H,1-2H3,(H2,17,18). The zero-order valence-electron chi connectivity index (χ0n) is 11.2. The highest BCUT2D eigenvalue weighted by Crippen LogP contribution is 2.27. The van der Waals surface area contributed by atoms with Gasteiger partial charge in [0.05, 0.1) is 16.7 Å². The van der Waals surface area contributed by atoms with E-state index in [0.717, 1.165) is 16.1 Å². The molecule has 1 aromatic heterocycles. The third-order valence-corrected chi connectivity index (χ3v) is 4.00. The molecule has 0 amide bonds.